The fraction of sp³-hybridized carbons (Fsp3) is 0.583. The second-order valence-electron chi connectivity index (χ2n) is 4.79. The summed E-state index contributed by atoms with van der Waals surface area (Å²) >= 11 is 0. The minimum absolute atomic E-state index is 0.0429. The van der Waals surface area contributed by atoms with E-state index in [1.807, 2.05) is 0 Å². The Kier molecular flexibility index (Phi) is 3.76. The van der Waals surface area contributed by atoms with Crippen molar-refractivity contribution in [1.82, 2.24) is 14.9 Å². The van der Waals surface area contributed by atoms with Gasteiger partial charge in [-0.3, -0.25) is 10.3 Å². The lowest BCUT2D eigenvalue weighted by Crippen LogP contribution is -2.49. The SMILES string of the molecule is CC(C)N1CCN(c2cnc(C(=N)N)cn2)CC1. The lowest BCUT2D eigenvalue weighted by molar-refractivity contribution is 0.209. The summed E-state index contributed by atoms with van der Waals surface area (Å²) in [5, 5.41) is 7.28. The lowest BCUT2D eigenvalue weighted by Gasteiger charge is -2.37. The molecule has 0 bridgehead atoms. The zero-order valence-corrected chi connectivity index (χ0v) is 10.9. The van der Waals surface area contributed by atoms with Crippen LogP contribution in [0.3, 0.4) is 0 Å². The molecule has 2 rings (SSSR count). The van der Waals surface area contributed by atoms with Gasteiger partial charge in [-0.2, -0.15) is 0 Å². The second kappa shape index (κ2) is 5.30. The zero-order valence-electron chi connectivity index (χ0n) is 10.9. The Morgan fingerprint density at radius 3 is 2.33 bits per heavy atom. The van der Waals surface area contributed by atoms with Crippen LogP contribution in [0.15, 0.2) is 12.4 Å². The molecule has 0 radical (unpaired) electrons. The molecule has 1 fully saturated rings. The van der Waals surface area contributed by atoms with Gasteiger partial charge in [-0.25, -0.2) is 9.97 Å². The first kappa shape index (κ1) is 12.8. The van der Waals surface area contributed by atoms with E-state index in [4.69, 9.17) is 11.1 Å². The largest absolute Gasteiger partial charge is 0.382 e. The van der Waals surface area contributed by atoms with E-state index in [1.54, 1.807) is 12.4 Å². The predicted molar refractivity (Wildman–Crippen MR) is 72.0 cm³/mol. The van der Waals surface area contributed by atoms with Gasteiger partial charge in [0.2, 0.25) is 0 Å². The molecule has 0 spiro atoms. The number of nitrogens with zero attached hydrogens (tertiary/aromatic N) is 4. The Morgan fingerprint density at radius 1 is 1.22 bits per heavy atom. The highest BCUT2D eigenvalue weighted by atomic mass is 15.3. The Morgan fingerprint density at radius 2 is 1.89 bits per heavy atom. The fourth-order valence-electron chi connectivity index (χ4n) is 2.09. The van der Waals surface area contributed by atoms with E-state index in [1.165, 1.54) is 0 Å². The summed E-state index contributed by atoms with van der Waals surface area (Å²) in [7, 11) is 0. The van der Waals surface area contributed by atoms with Crippen LogP contribution in [0.5, 0.6) is 0 Å². The summed E-state index contributed by atoms with van der Waals surface area (Å²) in [6.45, 7) is 8.47. The van der Waals surface area contributed by atoms with Gasteiger partial charge in [0.1, 0.15) is 17.3 Å². The van der Waals surface area contributed by atoms with Crippen molar-refractivity contribution in [3.05, 3.63) is 18.1 Å². The Bertz CT molecular complexity index is 405. The van der Waals surface area contributed by atoms with Crippen LogP contribution in [0.4, 0.5) is 5.82 Å². The highest BCUT2D eigenvalue weighted by molar-refractivity contribution is 5.92. The number of nitrogen functional groups attached to an aromatic ring is 1. The maximum absolute atomic E-state index is 7.28. The number of hydrogen-bond donors (Lipinski definition) is 2. The molecule has 1 aromatic heterocycles. The van der Waals surface area contributed by atoms with Crippen LogP contribution in [-0.2, 0) is 0 Å². The summed E-state index contributed by atoms with van der Waals surface area (Å²) in [5.41, 5.74) is 5.78. The normalized spacial score (nSPS) is 17.2. The van der Waals surface area contributed by atoms with Gasteiger partial charge in [0, 0.05) is 32.2 Å². The molecule has 0 amide bonds. The van der Waals surface area contributed by atoms with Crippen molar-refractivity contribution in [1.29, 1.82) is 5.41 Å². The molecule has 98 valence electrons. The minimum atomic E-state index is -0.0429. The molecule has 1 aromatic rings. The Labute approximate surface area is 107 Å². The number of anilines is 1. The average Bonchev–Trinajstić information content (AvgIpc) is 2.39. The highest BCUT2D eigenvalue weighted by Crippen LogP contribution is 2.13. The van der Waals surface area contributed by atoms with Crippen LogP contribution in [0, 0.1) is 5.41 Å². The van der Waals surface area contributed by atoms with Crippen molar-refractivity contribution in [2.45, 2.75) is 19.9 Å². The molecule has 2 heterocycles. The monoisotopic (exact) mass is 248 g/mol. The van der Waals surface area contributed by atoms with E-state index in [-0.39, 0.29) is 5.84 Å². The summed E-state index contributed by atoms with van der Waals surface area (Å²) in [6.07, 6.45) is 3.26. The van der Waals surface area contributed by atoms with Gasteiger partial charge in [-0.05, 0) is 13.8 Å². The van der Waals surface area contributed by atoms with E-state index < -0.39 is 0 Å². The maximum Gasteiger partial charge on any atom is 0.147 e. The number of nitrogens with one attached hydrogen (secondary N) is 1. The number of nitrogens with two attached hydrogens (primary N) is 1. The number of hydrogen-bond acceptors (Lipinski definition) is 5. The van der Waals surface area contributed by atoms with Crippen molar-refractivity contribution < 1.29 is 0 Å². The van der Waals surface area contributed by atoms with E-state index >= 15 is 0 Å². The molecule has 0 aliphatic carbocycles. The van der Waals surface area contributed by atoms with Gasteiger partial charge in [-0.15, -0.1) is 0 Å². The average molecular weight is 248 g/mol. The smallest absolute Gasteiger partial charge is 0.147 e. The lowest BCUT2D eigenvalue weighted by atomic mass is 10.2. The van der Waals surface area contributed by atoms with Crippen molar-refractivity contribution in [2.24, 2.45) is 5.73 Å². The third kappa shape index (κ3) is 2.76. The van der Waals surface area contributed by atoms with Gasteiger partial charge in [-0.1, -0.05) is 0 Å². The zero-order chi connectivity index (χ0) is 13.1. The predicted octanol–water partition coefficient (Wildman–Crippen LogP) is 0.291. The van der Waals surface area contributed by atoms with Crippen molar-refractivity contribution in [3.63, 3.8) is 0 Å². The van der Waals surface area contributed by atoms with Crippen molar-refractivity contribution in [2.75, 3.05) is 31.1 Å². The first-order chi connectivity index (χ1) is 8.58. The first-order valence-electron chi connectivity index (χ1n) is 6.23. The molecule has 1 aliphatic heterocycles. The number of aromatic nitrogens is 2. The van der Waals surface area contributed by atoms with Gasteiger partial charge >= 0.3 is 0 Å². The van der Waals surface area contributed by atoms with Crippen LogP contribution in [-0.4, -0.2) is 52.9 Å². The Hall–Kier alpha value is -1.69. The summed E-state index contributed by atoms with van der Waals surface area (Å²) in [5.74, 6) is 0.821. The quantitative estimate of drug-likeness (QED) is 0.593. The third-order valence-electron chi connectivity index (χ3n) is 3.28. The molecule has 1 aliphatic rings. The van der Waals surface area contributed by atoms with Gasteiger partial charge in [0.05, 0.1) is 12.4 Å². The van der Waals surface area contributed by atoms with Crippen LogP contribution in [0.1, 0.15) is 19.5 Å². The first-order valence-corrected chi connectivity index (χ1v) is 6.23. The number of amidine groups is 1. The molecule has 6 heteroatoms. The minimum Gasteiger partial charge on any atom is -0.382 e. The molecule has 0 atom stereocenters. The summed E-state index contributed by atoms with van der Waals surface area (Å²) in [6, 6.07) is 0.596. The molecule has 0 saturated carbocycles. The van der Waals surface area contributed by atoms with E-state index in [9.17, 15) is 0 Å². The van der Waals surface area contributed by atoms with Crippen LogP contribution >= 0.6 is 0 Å². The van der Waals surface area contributed by atoms with Crippen LogP contribution < -0.4 is 10.6 Å². The molecule has 0 aromatic carbocycles. The molecule has 6 nitrogen and oxygen atoms in total. The summed E-state index contributed by atoms with van der Waals surface area (Å²) in [4.78, 5) is 13.1. The van der Waals surface area contributed by atoms with Gasteiger partial charge in [0.15, 0.2) is 0 Å². The van der Waals surface area contributed by atoms with E-state index in [0.717, 1.165) is 32.0 Å². The van der Waals surface area contributed by atoms with Crippen molar-refractivity contribution >= 4 is 11.7 Å². The van der Waals surface area contributed by atoms with Crippen LogP contribution in [0.25, 0.3) is 0 Å². The highest BCUT2D eigenvalue weighted by Gasteiger charge is 2.19. The van der Waals surface area contributed by atoms with Gasteiger partial charge < -0.3 is 10.6 Å². The molecule has 18 heavy (non-hydrogen) atoms. The molecular weight excluding hydrogens is 228 g/mol. The fourth-order valence-corrected chi connectivity index (χ4v) is 2.09. The standard InChI is InChI=1S/C12H20N6/c1-9(2)17-3-5-18(6-4-17)11-8-15-10(7-16-11)12(13)14/h7-9H,3-6H2,1-2H3,(H3,13,14). The van der Waals surface area contributed by atoms with E-state index in [0.29, 0.717) is 11.7 Å². The molecule has 1 saturated heterocycles. The third-order valence-corrected chi connectivity index (χ3v) is 3.28. The maximum atomic E-state index is 7.28. The van der Waals surface area contributed by atoms with E-state index in [2.05, 4.69) is 33.6 Å². The van der Waals surface area contributed by atoms with Crippen molar-refractivity contribution in [3.8, 4) is 0 Å². The summed E-state index contributed by atoms with van der Waals surface area (Å²) < 4.78 is 0. The molecule has 0 unspecified atom stereocenters. The Balaban J connectivity index is 1.99. The van der Waals surface area contributed by atoms with Crippen LogP contribution in [0.2, 0.25) is 0 Å². The molecular formula is C12H20N6. The van der Waals surface area contributed by atoms with Gasteiger partial charge in [0.25, 0.3) is 0 Å². The topological polar surface area (TPSA) is 82.1 Å². The second-order valence-corrected chi connectivity index (χ2v) is 4.79. The molecule has 3 N–H and O–H groups in total. The number of piperazine rings is 1. The number of rotatable bonds is 3.